The molecule has 0 saturated carbocycles. The molecular weight excluding hydrogens is 560 g/mol. The summed E-state index contributed by atoms with van der Waals surface area (Å²) in [6.07, 6.45) is 0. The van der Waals surface area contributed by atoms with E-state index in [9.17, 15) is 0 Å². The van der Waals surface area contributed by atoms with Gasteiger partial charge in [-0.05, 0) is 41.1 Å². The van der Waals surface area contributed by atoms with Gasteiger partial charge >= 0.3 is 0 Å². The zero-order valence-electron chi connectivity index (χ0n) is 24.8. The molecule has 0 aliphatic carbocycles. The highest BCUT2D eigenvalue weighted by atomic mass is 14.9. The lowest BCUT2D eigenvalue weighted by molar-refractivity contribution is 1.23. The highest BCUT2D eigenvalue weighted by Crippen LogP contribution is 2.36. The van der Waals surface area contributed by atoms with Crippen LogP contribution in [0.4, 0.5) is 0 Å². The molecule has 4 nitrogen and oxygen atoms in total. The van der Waals surface area contributed by atoms with Crippen molar-refractivity contribution in [2.45, 2.75) is 0 Å². The third-order valence-corrected chi connectivity index (χ3v) is 8.64. The average molecular weight is 587 g/mol. The van der Waals surface area contributed by atoms with Crippen LogP contribution in [-0.4, -0.2) is 19.9 Å². The third-order valence-electron chi connectivity index (χ3n) is 8.64. The van der Waals surface area contributed by atoms with Crippen molar-refractivity contribution in [2.24, 2.45) is 0 Å². The average Bonchev–Trinajstić information content (AvgIpc) is 3.14. The van der Waals surface area contributed by atoms with Gasteiger partial charge in [0.2, 0.25) is 0 Å². The first-order valence-corrected chi connectivity index (χ1v) is 15.4. The molecule has 4 heteroatoms. The van der Waals surface area contributed by atoms with Gasteiger partial charge in [-0.2, -0.15) is 0 Å². The summed E-state index contributed by atoms with van der Waals surface area (Å²) in [5.74, 6) is 0.685. The number of benzene rings is 6. The van der Waals surface area contributed by atoms with E-state index in [0.717, 1.165) is 82.8 Å². The lowest BCUT2D eigenvalue weighted by Crippen LogP contribution is -1.96. The van der Waals surface area contributed by atoms with Crippen LogP contribution in [0.15, 0.2) is 158 Å². The molecule has 0 aliphatic heterocycles. The second-order valence-electron chi connectivity index (χ2n) is 11.5. The molecule has 46 heavy (non-hydrogen) atoms. The number of hydrogen-bond donors (Lipinski definition) is 0. The second-order valence-corrected chi connectivity index (χ2v) is 11.5. The predicted octanol–water partition coefficient (Wildman–Crippen LogP) is 10.5. The van der Waals surface area contributed by atoms with Gasteiger partial charge < -0.3 is 0 Å². The van der Waals surface area contributed by atoms with E-state index >= 15 is 0 Å². The number of pyridine rings is 2. The molecule has 0 unspecified atom stereocenters. The maximum atomic E-state index is 5.31. The fourth-order valence-corrected chi connectivity index (χ4v) is 6.36. The van der Waals surface area contributed by atoms with Gasteiger partial charge in [0.05, 0.1) is 33.6 Å². The van der Waals surface area contributed by atoms with E-state index in [1.165, 1.54) is 0 Å². The van der Waals surface area contributed by atoms with E-state index in [-0.39, 0.29) is 0 Å². The van der Waals surface area contributed by atoms with E-state index in [1.54, 1.807) is 0 Å². The van der Waals surface area contributed by atoms with Gasteiger partial charge in [0.15, 0.2) is 5.82 Å². The quantitative estimate of drug-likeness (QED) is 0.193. The van der Waals surface area contributed by atoms with Crippen LogP contribution in [0.5, 0.6) is 0 Å². The Labute approximate surface area is 265 Å². The zero-order chi connectivity index (χ0) is 30.5. The number of aromatic nitrogens is 4. The van der Waals surface area contributed by atoms with Crippen LogP contribution in [-0.2, 0) is 0 Å². The van der Waals surface area contributed by atoms with Crippen LogP contribution >= 0.6 is 0 Å². The zero-order valence-corrected chi connectivity index (χ0v) is 24.8. The molecule has 0 N–H and O–H groups in total. The van der Waals surface area contributed by atoms with Gasteiger partial charge in [-0.3, -0.25) is 0 Å². The molecule has 3 aromatic heterocycles. The Morgan fingerprint density at radius 3 is 1.70 bits per heavy atom. The fourth-order valence-electron chi connectivity index (χ4n) is 6.36. The first kappa shape index (κ1) is 26.2. The van der Waals surface area contributed by atoms with E-state index in [1.807, 2.05) is 48.5 Å². The monoisotopic (exact) mass is 586 g/mol. The lowest BCUT2D eigenvalue weighted by Gasteiger charge is -2.13. The minimum Gasteiger partial charge on any atom is -0.245 e. The van der Waals surface area contributed by atoms with E-state index in [0.29, 0.717) is 5.82 Å². The molecule has 0 radical (unpaired) electrons. The van der Waals surface area contributed by atoms with E-state index in [4.69, 9.17) is 19.9 Å². The number of hydrogen-bond acceptors (Lipinski definition) is 4. The molecule has 6 aromatic carbocycles. The van der Waals surface area contributed by atoms with Gasteiger partial charge in [-0.15, -0.1) is 0 Å². The predicted molar refractivity (Wildman–Crippen MR) is 189 cm³/mol. The lowest BCUT2D eigenvalue weighted by atomic mass is 9.97. The molecule has 9 rings (SSSR count). The Hall–Kier alpha value is -6.26. The number of rotatable bonds is 4. The molecule has 0 fully saturated rings. The van der Waals surface area contributed by atoms with Crippen molar-refractivity contribution in [1.82, 2.24) is 19.9 Å². The van der Waals surface area contributed by atoms with Crippen LogP contribution in [0, 0.1) is 0 Å². The normalized spacial score (nSPS) is 11.5. The summed E-state index contributed by atoms with van der Waals surface area (Å²) in [7, 11) is 0. The van der Waals surface area contributed by atoms with Gasteiger partial charge in [0.1, 0.15) is 0 Å². The Kier molecular flexibility index (Phi) is 6.10. The maximum absolute atomic E-state index is 5.31. The number of para-hydroxylation sites is 1. The first-order valence-electron chi connectivity index (χ1n) is 15.4. The fraction of sp³-hybridized carbons (Fsp3) is 0. The van der Waals surface area contributed by atoms with Crippen LogP contribution in [0.25, 0.3) is 88.6 Å². The molecule has 0 atom stereocenters. The summed E-state index contributed by atoms with van der Waals surface area (Å²) in [4.78, 5) is 20.7. The molecule has 0 spiro atoms. The molecule has 0 amide bonds. The molecule has 0 saturated heterocycles. The smallest absolute Gasteiger partial charge is 0.160 e. The van der Waals surface area contributed by atoms with Crippen molar-refractivity contribution in [3.05, 3.63) is 158 Å². The number of fused-ring (bicyclic) bond motifs is 5. The topological polar surface area (TPSA) is 51.6 Å². The summed E-state index contributed by atoms with van der Waals surface area (Å²) in [5, 5.41) is 5.38. The minimum atomic E-state index is 0.685. The van der Waals surface area contributed by atoms with Crippen LogP contribution in [0.3, 0.4) is 0 Å². The Morgan fingerprint density at radius 2 is 0.935 bits per heavy atom. The summed E-state index contributed by atoms with van der Waals surface area (Å²) in [6.45, 7) is 0. The summed E-state index contributed by atoms with van der Waals surface area (Å²) >= 11 is 0. The van der Waals surface area contributed by atoms with E-state index < -0.39 is 0 Å². The summed E-state index contributed by atoms with van der Waals surface area (Å²) in [5.41, 5.74) is 9.56. The van der Waals surface area contributed by atoms with Gasteiger partial charge in [0, 0.05) is 38.4 Å². The molecule has 214 valence electrons. The highest BCUT2D eigenvalue weighted by Gasteiger charge is 2.16. The standard InChI is InChI=1S/C42H26N4/c1-3-11-27(12-4-1)36-23-21-29-19-20-30-22-24-38(44-41(30)40(29)43-36)35-26-32(25-31-15-7-8-16-33(31)35)42-45-37-18-10-9-17-34(37)39(46-42)28-13-5-2-6-14-28/h1-26H. The van der Waals surface area contributed by atoms with Gasteiger partial charge in [-0.1, -0.05) is 127 Å². The minimum absolute atomic E-state index is 0.685. The van der Waals surface area contributed by atoms with Crippen molar-refractivity contribution in [3.63, 3.8) is 0 Å². The summed E-state index contributed by atoms with van der Waals surface area (Å²) < 4.78 is 0. The van der Waals surface area contributed by atoms with Gasteiger partial charge in [0.25, 0.3) is 0 Å². The first-order chi connectivity index (χ1) is 22.8. The Bertz CT molecular complexity index is 2580. The van der Waals surface area contributed by atoms with Crippen molar-refractivity contribution in [1.29, 1.82) is 0 Å². The molecule has 3 heterocycles. The number of nitrogens with zero attached hydrogens (tertiary/aromatic N) is 4. The van der Waals surface area contributed by atoms with Gasteiger partial charge in [-0.25, -0.2) is 19.9 Å². The molecule has 0 aliphatic rings. The molecule has 0 bridgehead atoms. The largest absolute Gasteiger partial charge is 0.245 e. The Balaban J connectivity index is 1.27. The van der Waals surface area contributed by atoms with Crippen LogP contribution < -0.4 is 0 Å². The Morgan fingerprint density at radius 1 is 0.348 bits per heavy atom. The third kappa shape index (κ3) is 4.47. The SMILES string of the molecule is c1ccc(-c2ccc3ccc4ccc(-c5cc(-c6nc(-c7ccccc7)c7ccccc7n6)cc6ccccc56)nc4c3n2)cc1. The molecular formula is C42H26N4. The highest BCUT2D eigenvalue weighted by molar-refractivity contribution is 6.06. The van der Waals surface area contributed by atoms with E-state index in [2.05, 4.69) is 109 Å². The van der Waals surface area contributed by atoms with Crippen molar-refractivity contribution in [3.8, 4) is 45.2 Å². The van der Waals surface area contributed by atoms with Crippen molar-refractivity contribution < 1.29 is 0 Å². The van der Waals surface area contributed by atoms with Crippen LogP contribution in [0.1, 0.15) is 0 Å². The molecule has 9 aromatic rings. The second kappa shape index (κ2) is 10.7. The van der Waals surface area contributed by atoms with Crippen molar-refractivity contribution in [2.75, 3.05) is 0 Å². The van der Waals surface area contributed by atoms with Crippen molar-refractivity contribution >= 4 is 43.5 Å². The van der Waals surface area contributed by atoms with Crippen LogP contribution in [0.2, 0.25) is 0 Å². The maximum Gasteiger partial charge on any atom is 0.160 e. The summed E-state index contributed by atoms with van der Waals surface area (Å²) in [6, 6.07) is 54.4.